The van der Waals surface area contributed by atoms with E-state index in [0.717, 1.165) is 25.9 Å². The Labute approximate surface area is 94.8 Å². The molecule has 0 aliphatic carbocycles. The first-order valence-electron chi connectivity index (χ1n) is 5.27. The second-order valence-corrected chi connectivity index (χ2v) is 4.25. The number of likely N-dealkylation sites (tertiary alicyclic amines) is 1. The van der Waals surface area contributed by atoms with Crippen LogP contribution in [0.4, 0.5) is 4.79 Å². The second kappa shape index (κ2) is 4.67. The van der Waals surface area contributed by atoms with Gasteiger partial charge in [0, 0.05) is 13.1 Å². The Kier molecular flexibility index (Phi) is 3.27. The Balaban J connectivity index is 1.97. The van der Waals surface area contributed by atoms with Gasteiger partial charge in [-0.15, -0.1) is 0 Å². The first-order chi connectivity index (χ1) is 7.27. The lowest BCUT2D eigenvalue weighted by Gasteiger charge is -2.30. The molecule has 2 rings (SSSR count). The molecule has 1 aromatic carbocycles. The Morgan fingerprint density at radius 2 is 1.80 bits per heavy atom. The van der Waals surface area contributed by atoms with E-state index >= 15 is 0 Å². The van der Waals surface area contributed by atoms with Gasteiger partial charge in [0.25, 0.3) is 0 Å². The summed E-state index contributed by atoms with van der Waals surface area (Å²) in [5.41, 5.74) is 1.37. The van der Waals surface area contributed by atoms with E-state index in [1.807, 2.05) is 6.07 Å². The monoisotopic (exact) mass is 223 g/mol. The van der Waals surface area contributed by atoms with Crippen LogP contribution in [-0.2, 0) is 0 Å². The number of halogens is 1. The minimum absolute atomic E-state index is 0.318. The highest BCUT2D eigenvalue weighted by Crippen LogP contribution is 2.27. The summed E-state index contributed by atoms with van der Waals surface area (Å²) in [6.45, 7) is 1.56. The van der Waals surface area contributed by atoms with Crippen LogP contribution in [-0.4, -0.2) is 23.4 Å². The molecule has 2 nitrogen and oxygen atoms in total. The molecule has 0 aromatic heterocycles. The predicted octanol–water partition coefficient (Wildman–Crippen LogP) is 3.22. The molecular formula is C12H14ClNO. The van der Waals surface area contributed by atoms with Crippen molar-refractivity contribution in [2.24, 2.45) is 0 Å². The summed E-state index contributed by atoms with van der Waals surface area (Å²) in [6.07, 6.45) is 2.03. The molecule has 0 spiro atoms. The zero-order valence-electron chi connectivity index (χ0n) is 8.53. The molecule has 0 unspecified atom stereocenters. The van der Waals surface area contributed by atoms with E-state index in [4.69, 9.17) is 11.6 Å². The summed E-state index contributed by atoms with van der Waals surface area (Å²) in [4.78, 5) is 12.6. The molecule has 1 amide bonds. The van der Waals surface area contributed by atoms with E-state index in [0.29, 0.717) is 5.92 Å². The van der Waals surface area contributed by atoms with Crippen LogP contribution in [0.15, 0.2) is 30.3 Å². The van der Waals surface area contributed by atoms with Crippen LogP contribution in [0.3, 0.4) is 0 Å². The van der Waals surface area contributed by atoms with Crippen molar-refractivity contribution in [2.45, 2.75) is 18.8 Å². The molecule has 0 radical (unpaired) electrons. The summed E-state index contributed by atoms with van der Waals surface area (Å²) in [7, 11) is 0. The van der Waals surface area contributed by atoms with E-state index < -0.39 is 0 Å². The van der Waals surface area contributed by atoms with Gasteiger partial charge >= 0.3 is 5.37 Å². The van der Waals surface area contributed by atoms with Crippen molar-refractivity contribution < 1.29 is 4.79 Å². The van der Waals surface area contributed by atoms with Gasteiger partial charge in [-0.05, 0) is 35.9 Å². The summed E-state index contributed by atoms with van der Waals surface area (Å²) < 4.78 is 0. The van der Waals surface area contributed by atoms with Crippen LogP contribution < -0.4 is 0 Å². The van der Waals surface area contributed by atoms with Gasteiger partial charge in [0.05, 0.1) is 0 Å². The average Bonchev–Trinajstić information content (AvgIpc) is 2.30. The van der Waals surface area contributed by atoms with E-state index in [1.165, 1.54) is 5.56 Å². The van der Waals surface area contributed by atoms with Crippen LogP contribution in [0.1, 0.15) is 24.3 Å². The lowest BCUT2D eigenvalue weighted by molar-refractivity contribution is 0.204. The van der Waals surface area contributed by atoms with Gasteiger partial charge in [-0.3, -0.25) is 4.79 Å². The highest BCUT2D eigenvalue weighted by Gasteiger charge is 2.22. The first kappa shape index (κ1) is 10.5. The molecule has 0 N–H and O–H groups in total. The highest BCUT2D eigenvalue weighted by atomic mass is 35.5. The molecule has 0 atom stereocenters. The third-order valence-corrected chi connectivity index (χ3v) is 3.25. The number of amides is 1. The summed E-state index contributed by atoms with van der Waals surface area (Å²) in [5, 5.41) is -0.318. The molecule has 3 heteroatoms. The number of rotatable bonds is 1. The number of hydrogen-bond acceptors (Lipinski definition) is 1. The molecule has 1 aromatic rings. The summed E-state index contributed by atoms with van der Waals surface area (Å²) in [6, 6.07) is 10.5. The van der Waals surface area contributed by atoms with E-state index in [1.54, 1.807) is 4.90 Å². The Morgan fingerprint density at radius 3 is 2.33 bits per heavy atom. The maximum atomic E-state index is 10.9. The van der Waals surface area contributed by atoms with Gasteiger partial charge in [0.15, 0.2) is 0 Å². The standard InChI is InChI=1S/C12H14ClNO/c13-12(15)14-8-6-11(7-9-14)10-4-2-1-3-5-10/h1-5,11H,6-9H2. The maximum Gasteiger partial charge on any atom is 0.316 e. The zero-order valence-corrected chi connectivity index (χ0v) is 9.28. The maximum absolute atomic E-state index is 10.9. The van der Waals surface area contributed by atoms with Crippen LogP contribution >= 0.6 is 11.6 Å². The summed E-state index contributed by atoms with van der Waals surface area (Å²) >= 11 is 5.44. The van der Waals surface area contributed by atoms with Gasteiger partial charge in [-0.1, -0.05) is 30.3 Å². The van der Waals surface area contributed by atoms with Crippen molar-refractivity contribution in [3.8, 4) is 0 Å². The molecule has 0 bridgehead atoms. The molecule has 1 saturated heterocycles. The smallest absolute Gasteiger partial charge is 0.316 e. The van der Waals surface area contributed by atoms with Crippen molar-refractivity contribution in [3.63, 3.8) is 0 Å². The lowest BCUT2D eigenvalue weighted by Crippen LogP contribution is -2.34. The number of piperidine rings is 1. The Hall–Kier alpha value is -1.02. The molecule has 80 valence electrons. The minimum atomic E-state index is -0.318. The molecule has 0 saturated carbocycles. The van der Waals surface area contributed by atoms with Gasteiger partial charge in [0.2, 0.25) is 0 Å². The van der Waals surface area contributed by atoms with Gasteiger partial charge in [-0.25, -0.2) is 0 Å². The van der Waals surface area contributed by atoms with Crippen molar-refractivity contribution in [1.82, 2.24) is 4.90 Å². The van der Waals surface area contributed by atoms with E-state index in [2.05, 4.69) is 24.3 Å². The molecule has 1 aliphatic rings. The normalized spacial score (nSPS) is 17.8. The van der Waals surface area contributed by atoms with Gasteiger partial charge < -0.3 is 4.90 Å². The van der Waals surface area contributed by atoms with Gasteiger partial charge in [0.1, 0.15) is 0 Å². The van der Waals surface area contributed by atoms with Crippen molar-refractivity contribution >= 4 is 17.0 Å². The zero-order chi connectivity index (χ0) is 10.7. The number of hydrogen-bond donors (Lipinski definition) is 0. The first-order valence-corrected chi connectivity index (χ1v) is 5.64. The van der Waals surface area contributed by atoms with Gasteiger partial charge in [-0.2, -0.15) is 0 Å². The molecule has 1 aliphatic heterocycles. The highest BCUT2D eigenvalue weighted by molar-refractivity contribution is 6.62. The number of nitrogens with zero attached hydrogens (tertiary/aromatic N) is 1. The fourth-order valence-electron chi connectivity index (χ4n) is 2.11. The van der Waals surface area contributed by atoms with E-state index in [9.17, 15) is 4.79 Å². The van der Waals surface area contributed by atoms with Crippen molar-refractivity contribution in [3.05, 3.63) is 35.9 Å². The molecular weight excluding hydrogens is 210 g/mol. The SMILES string of the molecule is O=C(Cl)N1CCC(c2ccccc2)CC1. The van der Waals surface area contributed by atoms with Crippen LogP contribution in [0.2, 0.25) is 0 Å². The quantitative estimate of drug-likeness (QED) is 0.529. The average molecular weight is 224 g/mol. The minimum Gasteiger partial charge on any atom is -0.329 e. The molecule has 15 heavy (non-hydrogen) atoms. The fourth-order valence-corrected chi connectivity index (χ4v) is 2.28. The number of benzene rings is 1. The van der Waals surface area contributed by atoms with Crippen LogP contribution in [0.5, 0.6) is 0 Å². The van der Waals surface area contributed by atoms with Crippen molar-refractivity contribution in [1.29, 1.82) is 0 Å². The summed E-state index contributed by atoms with van der Waals surface area (Å²) in [5.74, 6) is 0.582. The fraction of sp³-hybridized carbons (Fsp3) is 0.417. The van der Waals surface area contributed by atoms with Crippen LogP contribution in [0.25, 0.3) is 0 Å². The number of carbonyl (C=O) groups is 1. The van der Waals surface area contributed by atoms with Crippen LogP contribution in [0, 0.1) is 0 Å². The molecule has 1 fully saturated rings. The largest absolute Gasteiger partial charge is 0.329 e. The third kappa shape index (κ3) is 2.51. The third-order valence-electron chi connectivity index (χ3n) is 3.01. The predicted molar refractivity (Wildman–Crippen MR) is 61.2 cm³/mol. The lowest BCUT2D eigenvalue weighted by atomic mass is 9.90. The Bertz CT molecular complexity index is 331. The molecule has 1 heterocycles. The Morgan fingerprint density at radius 1 is 1.20 bits per heavy atom. The second-order valence-electron chi connectivity index (χ2n) is 3.92. The number of carbonyl (C=O) groups excluding carboxylic acids is 1. The van der Waals surface area contributed by atoms with Crippen molar-refractivity contribution in [2.75, 3.05) is 13.1 Å². The topological polar surface area (TPSA) is 20.3 Å². The van der Waals surface area contributed by atoms with E-state index in [-0.39, 0.29) is 5.37 Å².